The lowest BCUT2D eigenvalue weighted by Crippen LogP contribution is -2.41. The van der Waals surface area contributed by atoms with Gasteiger partial charge in [0.25, 0.3) is 0 Å². The van der Waals surface area contributed by atoms with Crippen molar-refractivity contribution >= 4 is 15.9 Å². The van der Waals surface area contributed by atoms with Gasteiger partial charge >= 0.3 is 0 Å². The minimum atomic E-state index is -3.52. The first-order valence-electron chi connectivity index (χ1n) is 9.37. The summed E-state index contributed by atoms with van der Waals surface area (Å²) in [5, 5.41) is 2.89. The Bertz CT molecular complexity index is 807. The number of carbonyl (C=O) groups excluding carboxylic acids is 1. The van der Waals surface area contributed by atoms with Crippen molar-refractivity contribution in [2.75, 3.05) is 19.6 Å². The Kier molecular flexibility index (Phi) is 4.36. The van der Waals surface area contributed by atoms with Gasteiger partial charge in [-0.05, 0) is 37.0 Å². The summed E-state index contributed by atoms with van der Waals surface area (Å²) in [6.45, 7) is 5.01. The van der Waals surface area contributed by atoms with Gasteiger partial charge in [0, 0.05) is 38.4 Å². The predicted octanol–water partition coefficient (Wildman–Crippen LogP) is 1.55. The lowest BCUT2D eigenvalue weighted by atomic mass is 9.73. The van der Waals surface area contributed by atoms with Crippen LogP contribution in [0.15, 0.2) is 29.2 Å². The van der Waals surface area contributed by atoms with Crippen LogP contribution in [0.4, 0.5) is 0 Å². The molecule has 4 rings (SSSR count). The molecule has 0 aromatic heterocycles. The average molecular weight is 378 g/mol. The van der Waals surface area contributed by atoms with Crippen LogP contribution in [-0.4, -0.2) is 50.0 Å². The van der Waals surface area contributed by atoms with E-state index in [-0.39, 0.29) is 29.4 Å². The summed E-state index contributed by atoms with van der Waals surface area (Å²) in [7, 11) is -3.52. The Labute approximate surface area is 155 Å². The highest BCUT2D eigenvalue weighted by atomic mass is 32.2. The maximum atomic E-state index is 13.1. The van der Waals surface area contributed by atoms with E-state index in [1.165, 1.54) is 6.92 Å². The monoisotopic (exact) mass is 378 g/mol. The smallest absolute Gasteiger partial charge is 0.243 e. The Morgan fingerprint density at radius 2 is 2.08 bits per heavy atom. The standard InChI is InChI=1S/C19H26N2O4S/c1-3-14-4-6-15(7-5-14)26(23,24)21-11-17-16(10-20-13(2)22)18-8-9-19(17,12-21)25-18/h4-7,16-18H,3,8-12H2,1-2H3,(H,20,22)/t16-,17+,18+,19+/m0/s1. The van der Waals surface area contributed by atoms with E-state index in [0.29, 0.717) is 24.5 Å². The van der Waals surface area contributed by atoms with Crippen LogP contribution in [0.3, 0.4) is 0 Å². The minimum absolute atomic E-state index is 0.0553. The molecule has 0 radical (unpaired) electrons. The number of hydrogen-bond acceptors (Lipinski definition) is 4. The van der Waals surface area contributed by atoms with Gasteiger partial charge in [-0.2, -0.15) is 4.31 Å². The third-order valence-electron chi connectivity index (χ3n) is 6.31. The fourth-order valence-electron chi connectivity index (χ4n) is 4.91. The van der Waals surface area contributed by atoms with Gasteiger partial charge in [-0.15, -0.1) is 0 Å². The van der Waals surface area contributed by atoms with E-state index < -0.39 is 10.0 Å². The van der Waals surface area contributed by atoms with Crippen molar-refractivity contribution in [1.29, 1.82) is 0 Å². The average Bonchev–Trinajstić information content (AvgIpc) is 3.28. The van der Waals surface area contributed by atoms with Gasteiger partial charge < -0.3 is 10.1 Å². The molecule has 1 aromatic carbocycles. The molecule has 3 fully saturated rings. The first-order chi connectivity index (χ1) is 12.4. The largest absolute Gasteiger partial charge is 0.370 e. The highest BCUT2D eigenvalue weighted by Gasteiger charge is 2.64. The molecule has 1 aromatic rings. The van der Waals surface area contributed by atoms with Crippen molar-refractivity contribution in [3.05, 3.63) is 29.8 Å². The molecule has 3 aliphatic rings. The topological polar surface area (TPSA) is 75.7 Å². The first-order valence-corrected chi connectivity index (χ1v) is 10.8. The fraction of sp³-hybridized carbons (Fsp3) is 0.632. The molecule has 1 N–H and O–H groups in total. The predicted molar refractivity (Wildman–Crippen MR) is 97.1 cm³/mol. The number of carbonyl (C=O) groups is 1. The summed E-state index contributed by atoms with van der Waals surface area (Å²) in [4.78, 5) is 11.6. The zero-order valence-corrected chi connectivity index (χ0v) is 16.1. The number of nitrogens with zero attached hydrogens (tertiary/aromatic N) is 1. The SMILES string of the molecule is CCc1ccc(S(=O)(=O)N2C[C@@H]3[C@H](CNC(C)=O)[C@H]4CC[C@]3(C2)O4)cc1. The number of nitrogens with one attached hydrogen (secondary N) is 1. The van der Waals surface area contributed by atoms with E-state index in [1.54, 1.807) is 16.4 Å². The molecule has 0 unspecified atom stereocenters. The minimum Gasteiger partial charge on any atom is -0.370 e. The van der Waals surface area contributed by atoms with Gasteiger partial charge in [-0.25, -0.2) is 8.42 Å². The quantitative estimate of drug-likeness (QED) is 0.844. The second kappa shape index (κ2) is 6.32. The van der Waals surface area contributed by atoms with Gasteiger partial charge in [0.1, 0.15) is 0 Å². The molecule has 3 saturated heterocycles. The molecule has 142 valence electrons. The molecule has 0 saturated carbocycles. The molecule has 7 heteroatoms. The normalized spacial score (nSPS) is 33.4. The summed E-state index contributed by atoms with van der Waals surface area (Å²) in [5.41, 5.74) is 0.753. The maximum absolute atomic E-state index is 13.1. The maximum Gasteiger partial charge on any atom is 0.243 e. The third kappa shape index (κ3) is 2.77. The van der Waals surface area contributed by atoms with Crippen LogP contribution in [0.1, 0.15) is 32.3 Å². The first kappa shape index (κ1) is 17.9. The fourth-order valence-corrected chi connectivity index (χ4v) is 6.44. The third-order valence-corrected chi connectivity index (χ3v) is 8.13. The second-order valence-corrected chi connectivity index (χ2v) is 9.70. The van der Waals surface area contributed by atoms with Crippen LogP contribution in [0.2, 0.25) is 0 Å². The molecular weight excluding hydrogens is 352 g/mol. The highest BCUT2D eigenvalue weighted by molar-refractivity contribution is 7.89. The summed E-state index contributed by atoms with van der Waals surface area (Å²) in [6.07, 6.45) is 2.87. The summed E-state index contributed by atoms with van der Waals surface area (Å²) < 4.78 is 34.1. The number of fused-ring (bicyclic) bond motifs is 1. The highest BCUT2D eigenvalue weighted by Crippen LogP contribution is 2.55. The van der Waals surface area contributed by atoms with Gasteiger partial charge in [-0.3, -0.25) is 4.79 Å². The van der Waals surface area contributed by atoms with E-state index in [4.69, 9.17) is 4.74 Å². The molecule has 3 heterocycles. The molecule has 0 aliphatic carbocycles. The van der Waals surface area contributed by atoms with Crippen LogP contribution in [0, 0.1) is 11.8 Å². The van der Waals surface area contributed by atoms with Crippen molar-refractivity contribution in [2.24, 2.45) is 11.8 Å². The van der Waals surface area contributed by atoms with Crippen LogP contribution in [0.5, 0.6) is 0 Å². The van der Waals surface area contributed by atoms with E-state index in [1.807, 2.05) is 19.1 Å². The summed E-state index contributed by atoms with van der Waals surface area (Å²) in [6, 6.07) is 7.16. The van der Waals surface area contributed by atoms with Crippen LogP contribution < -0.4 is 5.32 Å². The molecule has 1 spiro atoms. The van der Waals surface area contributed by atoms with Gasteiger partial charge in [0.05, 0.1) is 16.6 Å². The number of aryl methyl sites for hydroxylation is 1. The van der Waals surface area contributed by atoms with Crippen LogP contribution in [0.25, 0.3) is 0 Å². The van der Waals surface area contributed by atoms with Crippen LogP contribution >= 0.6 is 0 Å². The van der Waals surface area contributed by atoms with Crippen LogP contribution in [-0.2, 0) is 26.0 Å². The van der Waals surface area contributed by atoms with E-state index in [9.17, 15) is 13.2 Å². The lowest BCUT2D eigenvalue weighted by Gasteiger charge is -2.29. The number of ether oxygens (including phenoxy) is 1. The van der Waals surface area contributed by atoms with Gasteiger partial charge in [0.2, 0.25) is 15.9 Å². The van der Waals surface area contributed by atoms with Crippen molar-refractivity contribution in [1.82, 2.24) is 9.62 Å². The summed E-state index contributed by atoms with van der Waals surface area (Å²) >= 11 is 0. The van der Waals surface area contributed by atoms with E-state index in [2.05, 4.69) is 5.32 Å². The van der Waals surface area contributed by atoms with Crippen molar-refractivity contribution in [3.8, 4) is 0 Å². The van der Waals surface area contributed by atoms with Gasteiger partial charge in [0.15, 0.2) is 0 Å². The number of amides is 1. The number of benzene rings is 1. The number of sulfonamides is 1. The second-order valence-electron chi connectivity index (χ2n) is 7.76. The summed E-state index contributed by atoms with van der Waals surface area (Å²) in [5.74, 6) is 0.286. The van der Waals surface area contributed by atoms with Crippen molar-refractivity contribution in [2.45, 2.75) is 49.7 Å². The molecule has 4 atom stereocenters. The molecular formula is C19H26N2O4S. The molecule has 26 heavy (non-hydrogen) atoms. The number of rotatable bonds is 5. The Morgan fingerprint density at radius 3 is 2.73 bits per heavy atom. The lowest BCUT2D eigenvalue weighted by molar-refractivity contribution is -0.119. The zero-order chi connectivity index (χ0) is 18.5. The van der Waals surface area contributed by atoms with Crippen molar-refractivity contribution < 1.29 is 17.9 Å². The zero-order valence-electron chi connectivity index (χ0n) is 15.3. The van der Waals surface area contributed by atoms with E-state index >= 15 is 0 Å². The molecule has 1 amide bonds. The molecule has 2 bridgehead atoms. The number of hydrogen-bond donors (Lipinski definition) is 1. The Morgan fingerprint density at radius 1 is 1.35 bits per heavy atom. The molecule has 6 nitrogen and oxygen atoms in total. The molecule has 3 aliphatic heterocycles. The van der Waals surface area contributed by atoms with Gasteiger partial charge in [-0.1, -0.05) is 19.1 Å². The Balaban J connectivity index is 1.56. The van der Waals surface area contributed by atoms with E-state index in [0.717, 1.165) is 24.8 Å². The Hall–Kier alpha value is -1.44. The van der Waals surface area contributed by atoms with Crippen molar-refractivity contribution in [3.63, 3.8) is 0 Å².